The number of carbonyl (C=O) groups is 1. The molecular formula is C11H14N3NaO3. The second kappa shape index (κ2) is 7.04. The van der Waals surface area contributed by atoms with E-state index in [4.69, 9.17) is 4.74 Å². The first-order valence-electron chi connectivity index (χ1n) is 5.52. The number of aromatic nitrogens is 2. The van der Waals surface area contributed by atoms with Crippen molar-refractivity contribution in [3.63, 3.8) is 0 Å². The van der Waals surface area contributed by atoms with Crippen LogP contribution in [0.3, 0.4) is 0 Å². The quantitative estimate of drug-likeness (QED) is 0.514. The van der Waals surface area contributed by atoms with Gasteiger partial charge in [-0.25, -0.2) is 9.97 Å². The van der Waals surface area contributed by atoms with Crippen molar-refractivity contribution in [2.75, 3.05) is 31.2 Å². The summed E-state index contributed by atoms with van der Waals surface area (Å²) in [6.07, 6.45) is -0.251. The van der Waals surface area contributed by atoms with E-state index in [-0.39, 0.29) is 36.0 Å². The largest absolute Gasteiger partial charge is 1.00 e. The van der Waals surface area contributed by atoms with Crippen LogP contribution in [0.15, 0.2) is 6.07 Å². The average molecular weight is 259 g/mol. The van der Waals surface area contributed by atoms with Gasteiger partial charge in [-0.05, 0) is 6.92 Å². The Morgan fingerprint density at radius 1 is 1.44 bits per heavy atom. The number of ether oxygens (including phenoxy) is 1. The van der Waals surface area contributed by atoms with Gasteiger partial charge in [0.1, 0.15) is 11.6 Å². The molecule has 0 unspecified atom stereocenters. The van der Waals surface area contributed by atoms with Gasteiger partial charge in [-0.2, -0.15) is 0 Å². The molecule has 0 bridgehead atoms. The van der Waals surface area contributed by atoms with E-state index in [1.54, 1.807) is 0 Å². The monoisotopic (exact) mass is 259 g/mol. The van der Waals surface area contributed by atoms with Crippen molar-refractivity contribution in [3.05, 3.63) is 17.6 Å². The third-order valence-electron chi connectivity index (χ3n) is 2.52. The molecule has 7 heteroatoms. The number of carboxylic acid groups (broad SMARTS) is 1. The molecule has 1 fully saturated rings. The van der Waals surface area contributed by atoms with Gasteiger partial charge in [-0.3, -0.25) is 0 Å². The zero-order chi connectivity index (χ0) is 12.3. The summed E-state index contributed by atoms with van der Waals surface area (Å²) >= 11 is 0. The Morgan fingerprint density at radius 2 is 2.11 bits per heavy atom. The fourth-order valence-electron chi connectivity index (χ4n) is 1.77. The Kier molecular flexibility index (Phi) is 6.01. The number of nitrogens with zero attached hydrogens (tertiary/aromatic N) is 3. The smallest absolute Gasteiger partial charge is 0.550 e. The number of rotatable bonds is 3. The van der Waals surface area contributed by atoms with Crippen LogP contribution in [0.2, 0.25) is 0 Å². The molecule has 0 amide bonds. The molecule has 1 aromatic heterocycles. The predicted octanol–water partition coefficient (Wildman–Crippen LogP) is -4.08. The zero-order valence-electron chi connectivity index (χ0n) is 10.7. The molecule has 0 spiro atoms. The van der Waals surface area contributed by atoms with E-state index in [1.165, 1.54) is 0 Å². The van der Waals surface area contributed by atoms with Gasteiger partial charge in [0.15, 0.2) is 0 Å². The van der Waals surface area contributed by atoms with Crippen LogP contribution in [0.25, 0.3) is 0 Å². The topological polar surface area (TPSA) is 78.4 Å². The van der Waals surface area contributed by atoms with Gasteiger partial charge in [-0.1, -0.05) is 0 Å². The minimum absolute atomic E-state index is 0. The van der Waals surface area contributed by atoms with Gasteiger partial charge in [0.2, 0.25) is 0 Å². The van der Waals surface area contributed by atoms with Crippen molar-refractivity contribution in [1.82, 2.24) is 9.97 Å². The van der Waals surface area contributed by atoms with Crippen LogP contribution in [-0.2, 0) is 16.0 Å². The molecule has 1 saturated heterocycles. The SMILES string of the molecule is Cc1cc(N2CCOCC2)nc(CC(=O)[O-])n1.[Na+]. The van der Waals surface area contributed by atoms with Gasteiger partial charge < -0.3 is 19.5 Å². The maximum Gasteiger partial charge on any atom is 1.00 e. The molecule has 1 aliphatic rings. The maximum absolute atomic E-state index is 10.5. The van der Waals surface area contributed by atoms with Crippen molar-refractivity contribution in [2.45, 2.75) is 13.3 Å². The molecule has 6 nitrogen and oxygen atoms in total. The van der Waals surface area contributed by atoms with E-state index in [1.807, 2.05) is 13.0 Å². The normalized spacial score (nSPS) is 15.1. The maximum atomic E-state index is 10.5. The second-order valence-electron chi connectivity index (χ2n) is 3.93. The van der Waals surface area contributed by atoms with Crippen molar-refractivity contribution < 1.29 is 44.2 Å². The Balaban J connectivity index is 0.00000162. The first-order chi connectivity index (χ1) is 8.15. The van der Waals surface area contributed by atoms with Crippen molar-refractivity contribution in [2.24, 2.45) is 0 Å². The van der Waals surface area contributed by atoms with Crippen LogP contribution in [-0.4, -0.2) is 42.2 Å². The third-order valence-corrected chi connectivity index (χ3v) is 2.52. The van der Waals surface area contributed by atoms with Crippen molar-refractivity contribution >= 4 is 11.8 Å². The summed E-state index contributed by atoms with van der Waals surface area (Å²) in [5, 5.41) is 10.5. The third kappa shape index (κ3) is 4.20. The van der Waals surface area contributed by atoms with E-state index in [2.05, 4.69) is 14.9 Å². The van der Waals surface area contributed by atoms with Crippen molar-refractivity contribution in [3.8, 4) is 0 Å². The fourth-order valence-corrected chi connectivity index (χ4v) is 1.77. The molecule has 0 saturated carbocycles. The number of hydrogen-bond acceptors (Lipinski definition) is 6. The summed E-state index contributed by atoms with van der Waals surface area (Å²) in [6.45, 7) is 4.69. The molecular weight excluding hydrogens is 245 g/mol. The number of aliphatic carboxylic acids is 1. The molecule has 18 heavy (non-hydrogen) atoms. The number of anilines is 1. The Bertz CT molecular complexity index is 422. The van der Waals surface area contributed by atoms with Crippen LogP contribution in [0.5, 0.6) is 0 Å². The van der Waals surface area contributed by atoms with Crippen LogP contribution in [0.1, 0.15) is 11.5 Å². The summed E-state index contributed by atoms with van der Waals surface area (Å²) in [7, 11) is 0. The second-order valence-corrected chi connectivity index (χ2v) is 3.93. The molecule has 1 aromatic rings. The van der Waals surface area contributed by atoms with Gasteiger partial charge in [-0.15, -0.1) is 0 Å². The average Bonchev–Trinajstić information content (AvgIpc) is 2.28. The molecule has 0 atom stereocenters. The summed E-state index contributed by atoms with van der Waals surface area (Å²) in [6, 6.07) is 1.85. The molecule has 2 rings (SSSR count). The van der Waals surface area contributed by atoms with Gasteiger partial charge in [0, 0.05) is 37.2 Å². The summed E-state index contributed by atoms with van der Waals surface area (Å²) in [5.74, 6) is -0.105. The molecule has 0 N–H and O–H groups in total. The number of aryl methyl sites for hydroxylation is 1. The van der Waals surface area contributed by atoms with Crippen LogP contribution in [0, 0.1) is 6.92 Å². The molecule has 1 aliphatic heterocycles. The minimum atomic E-state index is -1.16. The Hall–Kier alpha value is -0.690. The van der Waals surface area contributed by atoms with E-state index in [0.29, 0.717) is 19.0 Å². The van der Waals surface area contributed by atoms with Gasteiger partial charge >= 0.3 is 29.6 Å². The number of carboxylic acids is 1. The van der Waals surface area contributed by atoms with E-state index in [9.17, 15) is 9.90 Å². The molecule has 92 valence electrons. The van der Waals surface area contributed by atoms with Crippen molar-refractivity contribution in [1.29, 1.82) is 0 Å². The zero-order valence-corrected chi connectivity index (χ0v) is 12.7. The summed E-state index contributed by atoms with van der Waals surface area (Å²) in [5.41, 5.74) is 0.762. The first-order valence-corrected chi connectivity index (χ1v) is 5.52. The molecule has 0 aromatic carbocycles. The summed E-state index contributed by atoms with van der Waals surface area (Å²) < 4.78 is 5.26. The van der Waals surface area contributed by atoms with Crippen LogP contribution in [0.4, 0.5) is 5.82 Å². The number of morpholine rings is 1. The predicted molar refractivity (Wildman–Crippen MR) is 58.5 cm³/mol. The Morgan fingerprint density at radius 3 is 2.72 bits per heavy atom. The van der Waals surface area contributed by atoms with Gasteiger partial charge in [0.25, 0.3) is 0 Å². The molecule has 0 radical (unpaired) electrons. The standard InChI is InChI=1S/C11H15N3O3.Na/c1-8-6-10(14-2-4-17-5-3-14)13-9(12-8)7-11(15)16;/h6H,2-5,7H2,1H3,(H,15,16);/q;+1/p-1. The van der Waals surface area contributed by atoms with Crippen LogP contribution < -0.4 is 39.6 Å². The van der Waals surface area contributed by atoms with E-state index >= 15 is 0 Å². The van der Waals surface area contributed by atoms with Gasteiger partial charge in [0.05, 0.1) is 13.2 Å². The van der Waals surface area contributed by atoms with E-state index < -0.39 is 5.97 Å². The molecule has 0 aliphatic carbocycles. The van der Waals surface area contributed by atoms with E-state index in [0.717, 1.165) is 24.6 Å². The summed E-state index contributed by atoms with van der Waals surface area (Å²) in [4.78, 5) is 20.9. The number of hydrogen-bond donors (Lipinski definition) is 0. The minimum Gasteiger partial charge on any atom is -0.550 e. The Labute approximate surface area is 128 Å². The number of carbonyl (C=O) groups excluding carboxylic acids is 1. The van der Waals surface area contributed by atoms with Crippen LogP contribution >= 0.6 is 0 Å². The first kappa shape index (κ1) is 15.4. The fraction of sp³-hybridized carbons (Fsp3) is 0.545. The molecule has 2 heterocycles.